The zero-order valence-corrected chi connectivity index (χ0v) is 15.7. The van der Waals surface area contributed by atoms with Crippen molar-refractivity contribution in [3.8, 4) is 0 Å². The highest BCUT2D eigenvalue weighted by Crippen LogP contribution is 2.48. The Morgan fingerprint density at radius 1 is 1.42 bits per heavy atom. The summed E-state index contributed by atoms with van der Waals surface area (Å²) in [4.78, 5) is 37.8. The van der Waals surface area contributed by atoms with Gasteiger partial charge >= 0.3 is 5.97 Å². The maximum Gasteiger partial charge on any atom is 0.353 e. The lowest BCUT2D eigenvalue weighted by atomic mass is 9.83. The molecule has 4 N–H and O–H groups in total. The molecule has 2 saturated heterocycles. The first-order chi connectivity index (χ1) is 12.3. The summed E-state index contributed by atoms with van der Waals surface area (Å²) < 4.78 is 0. The Bertz CT molecular complexity index is 642. The minimum atomic E-state index is -1.10. The molecule has 0 spiro atoms. The van der Waals surface area contributed by atoms with Crippen molar-refractivity contribution in [2.75, 3.05) is 13.1 Å². The number of likely N-dealkylation sites (N-methyl/N-ethyl adjacent to an activating group) is 1. The molecule has 3 heterocycles. The van der Waals surface area contributed by atoms with Crippen molar-refractivity contribution in [3.05, 3.63) is 10.6 Å². The second kappa shape index (κ2) is 7.58. The van der Waals surface area contributed by atoms with Crippen LogP contribution in [-0.2, 0) is 14.4 Å². The zero-order valence-electron chi connectivity index (χ0n) is 14.9. The van der Waals surface area contributed by atoms with Gasteiger partial charge in [0, 0.05) is 29.7 Å². The third-order valence-corrected chi connectivity index (χ3v) is 6.62. The van der Waals surface area contributed by atoms with Crippen LogP contribution in [0.5, 0.6) is 0 Å². The van der Waals surface area contributed by atoms with Gasteiger partial charge in [0.05, 0.1) is 24.1 Å². The lowest BCUT2D eigenvalue weighted by Gasteiger charge is -2.44. The van der Waals surface area contributed by atoms with Crippen LogP contribution >= 0.6 is 11.8 Å². The number of hydrogen-bond acceptors (Lipinski definition) is 6. The number of thioether (sulfide) groups is 1. The molecule has 2 amide bonds. The Hall–Kier alpha value is -1.58. The standard InChI is InChI=1S/C17H25N3O5S/c1-3-18-15(22)10-5-4-9(7-19-10)26-12-6-11-13(8(2)21)16(23)20(11)14(12)17(24)25/h8-11,13,19,21H,3-7H2,1-2H3,(H,18,22)(H,24,25)/t8-,9+,10+,11-,13-/m1/s1. The highest BCUT2D eigenvalue weighted by molar-refractivity contribution is 8.03. The number of aliphatic carboxylic acids is 1. The summed E-state index contributed by atoms with van der Waals surface area (Å²) in [6.07, 6.45) is 1.19. The number of carbonyl (C=O) groups excluding carboxylic acids is 2. The number of hydrogen-bond donors (Lipinski definition) is 4. The highest BCUT2D eigenvalue weighted by Gasteiger charge is 2.56. The summed E-state index contributed by atoms with van der Waals surface area (Å²) in [5.74, 6) is -1.93. The van der Waals surface area contributed by atoms with Gasteiger partial charge in [-0.1, -0.05) is 0 Å². The molecular formula is C17H25N3O5S. The highest BCUT2D eigenvalue weighted by atomic mass is 32.2. The third kappa shape index (κ3) is 3.35. The predicted octanol–water partition coefficient (Wildman–Crippen LogP) is -0.116. The van der Waals surface area contributed by atoms with Gasteiger partial charge in [-0.25, -0.2) is 4.79 Å². The van der Waals surface area contributed by atoms with Crippen LogP contribution < -0.4 is 10.6 Å². The molecule has 8 nitrogen and oxygen atoms in total. The van der Waals surface area contributed by atoms with Crippen molar-refractivity contribution < 1.29 is 24.6 Å². The monoisotopic (exact) mass is 383 g/mol. The van der Waals surface area contributed by atoms with E-state index < -0.39 is 18.0 Å². The van der Waals surface area contributed by atoms with Crippen molar-refractivity contribution in [3.63, 3.8) is 0 Å². The summed E-state index contributed by atoms with van der Waals surface area (Å²) >= 11 is 1.48. The van der Waals surface area contributed by atoms with Crippen LogP contribution in [0.3, 0.4) is 0 Å². The SMILES string of the molecule is CCNC(=O)[C@@H]1CC[C@H](SC2=C(C(=O)O)N3C(=O)[C@H]([C@@H](C)O)[C@H]3C2)CN1. The second-order valence-corrected chi connectivity index (χ2v) is 8.39. The maximum atomic E-state index is 12.2. The van der Waals surface area contributed by atoms with E-state index in [0.717, 1.165) is 6.42 Å². The van der Waals surface area contributed by atoms with E-state index in [0.29, 0.717) is 30.8 Å². The molecule has 0 bridgehead atoms. The number of carboxylic acids is 1. The van der Waals surface area contributed by atoms with E-state index in [1.807, 2.05) is 6.92 Å². The van der Waals surface area contributed by atoms with Gasteiger partial charge in [0.15, 0.2) is 0 Å². The molecule has 3 aliphatic heterocycles. The molecule has 0 unspecified atom stereocenters. The summed E-state index contributed by atoms with van der Waals surface area (Å²) in [6, 6.07) is -0.458. The smallest absolute Gasteiger partial charge is 0.353 e. The fraction of sp³-hybridized carbons (Fsp3) is 0.706. The number of piperidine rings is 1. The fourth-order valence-corrected chi connectivity index (χ4v) is 5.39. The Labute approximate surface area is 156 Å². The Balaban J connectivity index is 1.64. The number of β-lactam (4-membered cyclic amide) rings is 1. The third-order valence-electron chi connectivity index (χ3n) is 5.24. The minimum absolute atomic E-state index is 0.00298. The van der Waals surface area contributed by atoms with Crippen molar-refractivity contribution in [1.82, 2.24) is 15.5 Å². The molecule has 0 radical (unpaired) electrons. The number of amides is 2. The minimum Gasteiger partial charge on any atom is -0.477 e. The molecule has 0 aromatic heterocycles. The van der Waals surface area contributed by atoms with Crippen molar-refractivity contribution in [1.29, 1.82) is 0 Å². The molecule has 9 heteroatoms. The van der Waals surface area contributed by atoms with Crippen LogP contribution in [-0.4, -0.2) is 69.4 Å². The van der Waals surface area contributed by atoms with Crippen LogP contribution in [0.1, 0.15) is 33.1 Å². The lowest BCUT2D eigenvalue weighted by molar-refractivity contribution is -0.161. The Kier molecular flexibility index (Phi) is 5.59. The van der Waals surface area contributed by atoms with Crippen LogP contribution in [0.15, 0.2) is 10.6 Å². The van der Waals surface area contributed by atoms with Crippen LogP contribution in [0, 0.1) is 5.92 Å². The van der Waals surface area contributed by atoms with Gasteiger partial charge in [0.25, 0.3) is 0 Å². The number of fused-ring (bicyclic) bond motifs is 1. The molecule has 5 atom stereocenters. The molecule has 26 heavy (non-hydrogen) atoms. The van der Waals surface area contributed by atoms with E-state index >= 15 is 0 Å². The fourth-order valence-electron chi connectivity index (χ4n) is 3.99. The number of aliphatic hydroxyl groups excluding tert-OH is 1. The maximum absolute atomic E-state index is 12.2. The van der Waals surface area contributed by atoms with Crippen molar-refractivity contribution >= 4 is 29.5 Å². The molecule has 144 valence electrons. The van der Waals surface area contributed by atoms with E-state index in [4.69, 9.17) is 0 Å². The second-order valence-electron chi connectivity index (χ2n) is 7.00. The summed E-state index contributed by atoms with van der Waals surface area (Å²) in [6.45, 7) is 4.66. The van der Waals surface area contributed by atoms with E-state index in [1.54, 1.807) is 6.92 Å². The van der Waals surface area contributed by atoms with E-state index in [-0.39, 0.29) is 34.8 Å². The van der Waals surface area contributed by atoms with Crippen molar-refractivity contribution in [2.45, 2.75) is 56.5 Å². The molecule has 0 aliphatic carbocycles. The topological polar surface area (TPSA) is 119 Å². The van der Waals surface area contributed by atoms with E-state index in [1.165, 1.54) is 16.7 Å². The normalized spacial score (nSPS) is 32.1. The van der Waals surface area contributed by atoms with Crippen LogP contribution in [0.25, 0.3) is 0 Å². The summed E-state index contributed by atoms with van der Waals surface area (Å²) in [5.41, 5.74) is 0.0627. The first kappa shape index (κ1) is 19.2. The molecule has 3 rings (SSSR count). The first-order valence-corrected chi connectivity index (χ1v) is 9.88. The number of rotatable bonds is 6. The number of carboxylic acid groups (broad SMARTS) is 1. The average Bonchev–Trinajstić information content (AvgIpc) is 2.89. The van der Waals surface area contributed by atoms with Gasteiger partial charge < -0.3 is 25.7 Å². The number of aliphatic hydroxyl groups is 1. The quantitative estimate of drug-likeness (QED) is 0.472. The van der Waals surface area contributed by atoms with E-state index in [9.17, 15) is 24.6 Å². The average molecular weight is 383 g/mol. The van der Waals surface area contributed by atoms with Crippen LogP contribution in [0.4, 0.5) is 0 Å². The molecule has 3 aliphatic rings. The molecule has 0 saturated carbocycles. The number of nitrogens with zero attached hydrogens (tertiary/aromatic N) is 1. The van der Waals surface area contributed by atoms with Gasteiger partial charge in [-0.2, -0.15) is 0 Å². The predicted molar refractivity (Wildman–Crippen MR) is 96.2 cm³/mol. The van der Waals surface area contributed by atoms with Crippen LogP contribution in [0.2, 0.25) is 0 Å². The molecule has 0 aromatic rings. The van der Waals surface area contributed by atoms with Gasteiger partial charge in [-0.3, -0.25) is 9.59 Å². The lowest BCUT2D eigenvalue weighted by Crippen LogP contribution is -2.61. The van der Waals surface area contributed by atoms with Gasteiger partial charge in [0.2, 0.25) is 11.8 Å². The van der Waals surface area contributed by atoms with Gasteiger partial charge in [0.1, 0.15) is 5.70 Å². The largest absolute Gasteiger partial charge is 0.477 e. The molecule has 0 aromatic carbocycles. The first-order valence-electron chi connectivity index (χ1n) is 9.00. The van der Waals surface area contributed by atoms with E-state index in [2.05, 4.69) is 10.6 Å². The molecule has 2 fully saturated rings. The zero-order chi connectivity index (χ0) is 19.0. The Morgan fingerprint density at radius 2 is 2.15 bits per heavy atom. The summed E-state index contributed by atoms with van der Waals surface area (Å²) in [7, 11) is 0. The Morgan fingerprint density at radius 3 is 2.69 bits per heavy atom. The molecular weight excluding hydrogens is 358 g/mol. The summed E-state index contributed by atoms with van der Waals surface area (Å²) in [5, 5.41) is 25.5. The number of nitrogens with one attached hydrogen (secondary N) is 2. The van der Waals surface area contributed by atoms with Gasteiger partial charge in [-0.15, -0.1) is 11.8 Å². The van der Waals surface area contributed by atoms with Crippen molar-refractivity contribution in [2.24, 2.45) is 5.92 Å². The number of carbonyl (C=O) groups is 3. The van der Waals surface area contributed by atoms with Gasteiger partial charge in [-0.05, 0) is 26.7 Å².